The van der Waals surface area contributed by atoms with Gasteiger partial charge in [-0.2, -0.15) is 5.26 Å². The van der Waals surface area contributed by atoms with Crippen LogP contribution in [0.1, 0.15) is 5.69 Å². The van der Waals surface area contributed by atoms with Gasteiger partial charge in [-0.25, -0.2) is 4.39 Å². The quantitative estimate of drug-likeness (QED) is 0.754. The molecule has 2 aromatic rings. The van der Waals surface area contributed by atoms with Gasteiger partial charge in [-0.15, -0.1) is 0 Å². The van der Waals surface area contributed by atoms with E-state index in [9.17, 15) is 4.39 Å². The molecule has 1 N–H and O–H groups in total. The van der Waals surface area contributed by atoms with E-state index < -0.39 is 0 Å². The molecule has 0 unspecified atom stereocenters. The molecule has 2 nitrogen and oxygen atoms in total. The minimum absolute atomic E-state index is 0.331. The van der Waals surface area contributed by atoms with Gasteiger partial charge in [-0.1, -0.05) is 15.9 Å². The first-order chi connectivity index (χ1) is 6.20. The molecule has 0 spiro atoms. The number of aromatic nitrogens is 1. The van der Waals surface area contributed by atoms with Gasteiger partial charge in [-0.05, 0) is 18.2 Å². The van der Waals surface area contributed by atoms with E-state index >= 15 is 0 Å². The predicted molar refractivity (Wildman–Crippen MR) is 50.7 cm³/mol. The highest BCUT2D eigenvalue weighted by atomic mass is 79.9. The number of benzene rings is 1. The molecule has 0 aliphatic heterocycles. The van der Waals surface area contributed by atoms with Crippen molar-refractivity contribution in [2.45, 2.75) is 0 Å². The van der Waals surface area contributed by atoms with Gasteiger partial charge in [0, 0.05) is 9.86 Å². The van der Waals surface area contributed by atoms with Crippen molar-refractivity contribution in [1.82, 2.24) is 4.98 Å². The second kappa shape index (κ2) is 2.86. The van der Waals surface area contributed by atoms with Gasteiger partial charge >= 0.3 is 0 Å². The van der Waals surface area contributed by atoms with Crippen LogP contribution >= 0.6 is 15.9 Å². The number of nitrogens with zero attached hydrogens (tertiary/aromatic N) is 1. The highest BCUT2D eigenvalue weighted by Gasteiger charge is 2.05. The fourth-order valence-electron chi connectivity index (χ4n) is 1.22. The second-order valence-electron chi connectivity index (χ2n) is 2.64. The first kappa shape index (κ1) is 8.27. The lowest BCUT2D eigenvalue weighted by molar-refractivity contribution is 0.639. The van der Waals surface area contributed by atoms with Crippen LogP contribution in [-0.4, -0.2) is 4.98 Å². The summed E-state index contributed by atoms with van der Waals surface area (Å²) in [5.74, 6) is -0.331. The maximum Gasteiger partial charge on any atom is 0.133 e. The molecule has 0 saturated carbocycles. The number of hydrogen-bond donors (Lipinski definition) is 1. The number of aromatic amines is 1. The predicted octanol–water partition coefficient (Wildman–Crippen LogP) is 2.94. The lowest BCUT2D eigenvalue weighted by atomic mass is 10.2. The Morgan fingerprint density at radius 2 is 2.15 bits per heavy atom. The van der Waals surface area contributed by atoms with E-state index in [2.05, 4.69) is 20.9 Å². The molecule has 2 rings (SSSR count). The van der Waals surface area contributed by atoms with E-state index in [4.69, 9.17) is 5.26 Å². The third kappa shape index (κ3) is 1.31. The molecule has 1 aromatic carbocycles. The fourth-order valence-corrected chi connectivity index (χ4v) is 1.65. The van der Waals surface area contributed by atoms with E-state index in [0.29, 0.717) is 21.1 Å². The second-order valence-corrected chi connectivity index (χ2v) is 3.56. The molecule has 1 aromatic heterocycles. The summed E-state index contributed by atoms with van der Waals surface area (Å²) in [6, 6.07) is 6.53. The van der Waals surface area contributed by atoms with E-state index in [1.54, 1.807) is 6.07 Å². The Labute approximate surface area is 82.1 Å². The fraction of sp³-hybridized carbons (Fsp3) is 0. The number of hydrogen-bond acceptors (Lipinski definition) is 1. The van der Waals surface area contributed by atoms with Gasteiger partial charge in [0.1, 0.15) is 17.6 Å². The number of fused-ring (bicyclic) bond motifs is 1. The largest absolute Gasteiger partial charge is 0.346 e. The lowest BCUT2D eigenvalue weighted by Crippen LogP contribution is -1.75. The maximum atomic E-state index is 13.2. The standard InChI is InChI=1S/C9H4BrFN2/c10-5-1-8(11)7-3-6(4-12)13-9(7)2-5/h1-3,13H. The minimum Gasteiger partial charge on any atom is -0.346 e. The van der Waals surface area contributed by atoms with E-state index in [1.807, 2.05) is 6.07 Å². The molecule has 0 aliphatic carbocycles. The highest BCUT2D eigenvalue weighted by molar-refractivity contribution is 9.10. The third-order valence-corrected chi connectivity index (χ3v) is 2.23. The monoisotopic (exact) mass is 238 g/mol. The average Bonchev–Trinajstić information content (AvgIpc) is 2.47. The van der Waals surface area contributed by atoms with Gasteiger partial charge in [-0.3, -0.25) is 0 Å². The summed E-state index contributed by atoms with van der Waals surface area (Å²) in [5.41, 5.74) is 0.996. The van der Waals surface area contributed by atoms with Crippen molar-refractivity contribution in [3.05, 3.63) is 34.2 Å². The Kier molecular flexibility index (Phi) is 1.82. The van der Waals surface area contributed by atoms with Crippen molar-refractivity contribution in [3.63, 3.8) is 0 Å². The normalized spacial score (nSPS) is 10.2. The SMILES string of the molecule is N#Cc1cc2c(F)cc(Br)cc2[nH]1. The van der Waals surface area contributed by atoms with E-state index in [-0.39, 0.29) is 5.82 Å². The third-order valence-electron chi connectivity index (χ3n) is 1.77. The Bertz CT molecular complexity index is 510. The van der Waals surface area contributed by atoms with Gasteiger partial charge in [0.05, 0.1) is 5.52 Å². The van der Waals surface area contributed by atoms with Crippen LogP contribution in [0.15, 0.2) is 22.7 Å². The zero-order valence-corrected chi connectivity index (χ0v) is 8.02. The molecule has 0 radical (unpaired) electrons. The van der Waals surface area contributed by atoms with Crippen molar-refractivity contribution in [1.29, 1.82) is 5.26 Å². The van der Waals surface area contributed by atoms with Crippen LogP contribution in [0.4, 0.5) is 4.39 Å². The van der Waals surface area contributed by atoms with E-state index in [0.717, 1.165) is 0 Å². The Hall–Kier alpha value is -1.34. The van der Waals surface area contributed by atoms with Crippen LogP contribution in [0.5, 0.6) is 0 Å². The number of nitriles is 1. The van der Waals surface area contributed by atoms with Crippen molar-refractivity contribution < 1.29 is 4.39 Å². The minimum atomic E-state index is -0.331. The molecule has 0 amide bonds. The van der Waals surface area contributed by atoms with Crippen molar-refractivity contribution >= 4 is 26.8 Å². The van der Waals surface area contributed by atoms with Crippen LogP contribution < -0.4 is 0 Å². The zero-order valence-electron chi connectivity index (χ0n) is 6.44. The van der Waals surface area contributed by atoms with Crippen LogP contribution in [0.3, 0.4) is 0 Å². The number of halogens is 2. The first-order valence-electron chi connectivity index (χ1n) is 3.58. The average molecular weight is 239 g/mol. The summed E-state index contributed by atoms with van der Waals surface area (Å²) in [6.07, 6.45) is 0. The lowest BCUT2D eigenvalue weighted by Gasteiger charge is -1.93. The zero-order chi connectivity index (χ0) is 9.42. The number of rotatable bonds is 0. The molecule has 4 heteroatoms. The molecule has 0 bridgehead atoms. The number of nitrogens with one attached hydrogen (secondary N) is 1. The Balaban J connectivity index is 2.84. The van der Waals surface area contributed by atoms with Crippen LogP contribution in [-0.2, 0) is 0 Å². The molecule has 0 fully saturated rings. The van der Waals surface area contributed by atoms with Crippen LogP contribution in [0.2, 0.25) is 0 Å². The maximum absolute atomic E-state index is 13.2. The summed E-state index contributed by atoms with van der Waals surface area (Å²) >= 11 is 3.17. The Morgan fingerprint density at radius 1 is 1.38 bits per heavy atom. The Morgan fingerprint density at radius 3 is 2.85 bits per heavy atom. The van der Waals surface area contributed by atoms with Crippen molar-refractivity contribution in [2.75, 3.05) is 0 Å². The van der Waals surface area contributed by atoms with Gasteiger partial charge < -0.3 is 4.98 Å². The summed E-state index contributed by atoms with van der Waals surface area (Å²) in [6.45, 7) is 0. The molecule has 13 heavy (non-hydrogen) atoms. The molecule has 0 aliphatic rings. The molecular weight excluding hydrogens is 235 g/mol. The smallest absolute Gasteiger partial charge is 0.133 e. The summed E-state index contributed by atoms with van der Waals surface area (Å²) in [5, 5.41) is 9.03. The molecule has 0 atom stereocenters. The van der Waals surface area contributed by atoms with Gasteiger partial charge in [0.15, 0.2) is 0 Å². The summed E-state index contributed by atoms with van der Waals surface area (Å²) in [7, 11) is 0. The first-order valence-corrected chi connectivity index (χ1v) is 4.38. The van der Waals surface area contributed by atoms with Crippen molar-refractivity contribution in [2.24, 2.45) is 0 Å². The van der Waals surface area contributed by atoms with Crippen LogP contribution in [0.25, 0.3) is 10.9 Å². The summed E-state index contributed by atoms with van der Waals surface area (Å²) in [4.78, 5) is 2.80. The summed E-state index contributed by atoms with van der Waals surface area (Å²) < 4.78 is 13.9. The molecule has 1 heterocycles. The van der Waals surface area contributed by atoms with Gasteiger partial charge in [0.25, 0.3) is 0 Å². The topological polar surface area (TPSA) is 39.6 Å². The molecule has 64 valence electrons. The van der Waals surface area contributed by atoms with Crippen LogP contribution in [0, 0.1) is 17.1 Å². The number of H-pyrrole nitrogens is 1. The van der Waals surface area contributed by atoms with E-state index in [1.165, 1.54) is 12.1 Å². The highest BCUT2D eigenvalue weighted by Crippen LogP contribution is 2.23. The van der Waals surface area contributed by atoms with Gasteiger partial charge in [0.2, 0.25) is 0 Å². The van der Waals surface area contributed by atoms with Crippen molar-refractivity contribution in [3.8, 4) is 6.07 Å². The molecule has 0 saturated heterocycles. The molecular formula is C9H4BrFN2.